The first kappa shape index (κ1) is 19.1. The third kappa shape index (κ3) is 4.86. The molecule has 2 aromatic rings. The molecule has 0 aliphatic carbocycles. The molecule has 1 N–H and O–H groups in total. The summed E-state index contributed by atoms with van der Waals surface area (Å²) in [6.45, 7) is -0.491. The maximum Gasteiger partial charge on any atom is 0.245 e. The number of nitriles is 1. The second-order valence-electron chi connectivity index (χ2n) is 5.08. The number of nitrogens with one attached hydrogen (secondary N) is 1. The molecular formula is C16H13Cl2N3O3S. The number of hydrogen-bond donors (Lipinski definition) is 1. The van der Waals surface area contributed by atoms with E-state index in [1.807, 2.05) is 6.07 Å². The number of nitrogens with zero attached hydrogens (tertiary/aromatic N) is 2. The van der Waals surface area contributed by atoms with Gasteiger partial charge in [0.25, 0.3) is 0 Å². The molecule has 0 aliphatic heterocycles. The van der Waals surface area contributed by atoms with Crippen molar-refractivity contribution < 1.29 is 13.2 Å². The zero-order chi connectivity index (χ0) is 18.6. The fourth-order valence-corrected chi connectivity index (χ4v) is 3.40. The molecule has 0 saturated heterocycles. The van der Waals surface area contributed by atoms with Crippen molar-refractivity contribution in [3.05, 3.63) is 58.1 Å². The van der Waals surface area contributed by atoms with Crippen molar-refractivity contribution in [2.45, 2.75) is 0 Å². The lowest BCUT2D eigenvalue weighted by atomic mass is 10.2. The van der Waals surface area contributed by atoms with Crippen LogP contribution in [0.4, 0.5) is 11.4 Å². The van der Waals surface area contributed by atoms with Gasteiger partial charge in [0.2, 0.25) is 15.9 Å². The van der Waals surface area contributed by atoms with Crippen LogP contribution in [-0.2, 0) is 14.8 Å². The standard InChI is InChI=1S/C16H13Cl2N3O3S/c1-25(23,24)21(12-5-2-4-11(8-12)9-19)10-15(22)20-16-13(17)6-3-7-14(16)18/h2-8H,10H2,1H3,(H,20,22). The molecule has 0 unspecified atom stereocenters. The molecular weight excluding hydrogens is 385 g/mol. The quantitative estimate of drug-likeness (QED) is 0.837. The summed E-state index contributed by atoms with van der Waals surface area (Å²) in [5.41, 5.74) is 0.692. The molecule has 0 aliphatic rings. The van der Waals surface area contributed by atoms with Crippen LogP contribution in [-0.4, -0.2) is 27.1 Å². The van der Waals surface area contributed by atoms with E-state index in [2.05, 4.69) is 5.32 Å². The van der Waals surface area contributed by atoms with Gasteiger partial charge in [-0.3, -0.25) is 9.10 Å². The lowest BCUT2D eigenvalue weighted by Gasteiger charge is -2.22. The predicted molar refractivity (Wildman–Crippen MR) is 98.4 cm³/mol. The van der Waals surface area contributed by atoms with Gasteiger partial charge in [0.1, 0.15) is 6.54 Å². The average molecular weight is 398 g/mol. The Bertz CT molecular complexity index is 935. The van der Waals surface area contributed by atoms with Crippen molar-refractivity contribution in [2.24, 2.45) is 0 Å². The highest BCUT2D eigenvalue weighted by molar-refractivity contribution is 7.92. The summed E-state index contributed by atoms with van der Waals surface area (Å²) in [5.74, 6) is -0.622. The van der Waals surface area contributed by atoms with Crippen molar-refractivity contribution in [3.8, 4) is 6.07 Å². The van der Waals surface area contributed by atoms with Gasteiger partial charge in [-0.1, -0.05) is 35.3 Å². The monoisotopic (exact) mass is 397 g/mol. The molecule has 6 nitrogen and oxygen atoms in total. The third-order valence-corrected chi connectivity index (χ3v) is 4.95. The van der Waals surface area contributed by atoms with E-state index in [0.717, 1.165) is 10.6 Å². The van der Waals surface area contributed by atoms with E-state index < -0.39 is 22.5 Å². The molecule has 130 valence electrons. The van der Waals surface area contributed by atoms with Gasteiger partial charge in [0.05, 0.1) is 39.3 Å². The van der Waals surface area contributed by atoms with Gasteiger partial charge < -0.3 is 5.32 Å². The van der Waals surface area contributed by atoms with Crippen molar-refractivity contribution in [2.75, 3.05) is 22.4 Å². The van der Waals surface area contributed by atoms with E-state index in [1.54, 1.807) is 18.2 Å². The predicted octanol–water partition coefficient (Wildman–Crippen LogP) is 3.27. The van der Waals surface area contributed by atoms with Crippen LogP contribution >= 0.6 is 23.2 Å². The molecule has 0 saturated carbocycles. The van der Waals surface area contributed by atoms with Crippen molar-refractivity contribution in [3.63, 3.8) is 0 Å². The summed E-state index contributed by atoms with van der Waals surface area (Å²) < 4.78 is 25.0. The summed E-state index contributed by atoms with van der Waals surface area (Å²) in [7, 11) is -3.75. The van der Waals surface area contributed by atoms with Crippen molar-refractivity contribution in [1.82, 2.24) is 0 Å². The smallest absolute Gasteiger partial charge is 0.245 e. The van der Waals surface area contributed by atoms with Crippen LogP contribution in [0.5, 0.6) is 0 Å². The number of sulfonamides is 1. The first-order chi connectivity index (χ1) is 11.7. The Morgan fingerprint density at radius 3 is 2.36 bits per heavy atom. The number of carbonyl (C=O) groups excluding carboxylic acids is 1. The minimum absolute atomic E-state index is 0.204. The number of halogens is 2. The Kier molecular flexibility index (Phi) is 5.90. The van der Waals surface area contributed by atoms with Crippen LogP contribution < -0.4 is 9.62 Å². The fourth-order valence-electron chi connectivity index (χ4n) is 2.06. The Morgan fingerprint density at radius 1 is 1.20 bits per heavy atom. The van der Waals surface area contributed by atoms with E-state index in [0.29, 0.717) is 0 Å². The molecule has 2 rings (SSSR count). The highest BCUT2D eigenvalue weighted by Gasteiger charge is 2.22. The molecule has 0 spiro atoms. The molecule has 0 aromatic heterocycles. The minimum atomic E-state index is -3.75. The Balaban J connectivity index is 2.29. The second-order valence-corrected chi connectivity index (χ2v) is 7.80. The van der Waals surface area contributed by atoms with Crippen LogP contribution in [0.15, 0.2) is 42.5 Å². The molecule has 9 heteroatoms. The fraction of sp³-hybridized carbons (Fsp3) is 0.125. The normalized spacial score (nSPS) is 10.8. The number of para-hydroxylation sites is 1. The summed E-state index contributed by atoms with van der Waals surface area (Å²) in [5, 5.41) is 11.9. The molecule has 0 heterocycles. The van der Waals surface area contributed by atoms with Crippen LogP contribution in [0.2, 0.25) is 10.0 Å². The number of carbonyl (C=O) groups is 1. The number of benzene rings is 2. The zero-order valence-electron chi connectivity index (χ0n) is 13.0. The Hall–Kier alpha value is -2.27. The molecule has 1 amide bonds. The van der Waals surface area contributed by atoms with Gasteiger partial charge in [-0.25, -0.2) is 8.42 Å². The molecule has 25 heavy (non-hydrogen) atoms. The Morgan fingerprint density at radius 2 is 1.80 bits per heavy atom. The first-order valence-electron chi connectivity index (χ1n) is 6.94. The molecule has 0 bridgehead atoms. The maximum atomic E-state index is 12.3. The van der Waals surface area contributed by atoms with Gasteiger partial charge >= 0.3 is 0 Å². The van der Waals surface area contributed by atoms with Gasteiger partial charge in [-0.2, -0.15) is 5.26 Å². The lowest BCUT2D eigenvalue weighted by Crippen LogP contribution is -2.37. The van der Waals surface area contributed by atoms with E-state index in [4.69, 9.17) is 28.5 Å². The number of anilines is 2. The van der Waals surface area contributed by atoms with Crippen LogP contribution in [0.1, 0.15) is 5.56 Å². The first-order valence-corrected chi connectivity index (χ1v) is 9.54. The molecule has 2 aromatic carbocycles. The van der Waals surface area contributed by atoms with E-state index in [9.17, 15) is 13.2 Å². The van der Waals surface area contributed by atoms with Gasteiger partial charge in [-0.15, -0.1) is 0 Å². The van der Waals surface area contributed by atoms with Gasteiger partial charge in [-0.05, 0) is 30.3 Å². The van der Waals surface area contributed by atoms with E-state index in [1.165, 1.54) is 24.3 Å². The molecule has 0 fully saturated rings. The van der Waals surface area contributed by atoms with E-state index in [-0.39, 0.29) is 27.0 Å². The van der Waals surface area contributed by atoms with Crippen molar-refractivity contribution in [1.29, 1.82) is 5.26 Å². The Labute approximate surface area is 155 Å². The van der Waals surface area contributed by atoms with Gasteiger partial charge in [0.15, 0.2) is 0 Å². The van der Waals surface area contributed by atoms with E-state index >= 15 is 0 Å². The maximum absolute atomic E-state index is 12.3. The van der Waals surface area contributed by atoms with Gasteiger partial charge in [0, 0.05) is 0 Å². The number of amides is 1. The second kappa shape index (κ2) is 7.74. The SMILES string of the molecule is CS(=O)(=O)N(CC(=O)Nc1c(Cl)cccc1Cl)c1cccc(C#N)c1. The topological polar surface area (TPSA) is 90.3 Å². The molecule has 0 atom stereocenters. The molecule has 0 radical (unpaired) electrons. The number of hydrogen-bond acceptors (Lipinski definition) is 4. The average Bonchev–Trinajstić information content (AvgIpc) is 2.55. The number of rotatable bonds is 5. The summed E-state index contributed by atoms with van der Waals surface area (Å²) in [6.07, 6.45) is 0.974. The third-order valence-electron chi connectivity index (χ3n) is 3.18. The minimum Gasteiger partial charge on any atom is -0.322 e. The van der Waals surface area contributed by atoms with Crippen LogP contribution in [0.3, 0.4) is 0 Å². The summed E-state index contributed by atoms with van der Waals surface area (Å²) in [4.78, 5) is 12.3. The zero-order valence-corrected chi connectivity index (χ0v) is 15.4. The highest BCUT2D eigenvalue weighted by Crippen LogP contribution is 2.30. The van der Waals surface area contributed by atoms with Crippen LogP contribution in [0.25, 0.3) is 0 Å². The highest BCUT2D eigenvalue weighted by atomic mass is 35.5. The van der Waals surface area contributed by atoms with Crippen molar-refractivity contribution >= 4 is 50.5 Å². The summed E-state index contributed by atoms with van der Waals surface area (Å²) >= 11 is 12.0. The largest absolute Gasteiger partial charge is 0.322 e. The lowest BCUT2D eigenvalue weighted by molar-refractivity contribution is -0.114. The summed E-state index contributed by atoms with van der Waals surface area (Å²) in [6, 6.07) is 12.6. The van der Waals surface area contributed by atoms with Crippen LogP contribution in [0, 0.1) is 11.3 Å².